The fourth-order valence-electron chi connectivity index (χ4n) is 3.21. The van der Waals surface area contributed by atoms with E-state index < -0.39 is 28.4 Å². The molecular weight excluding hydrogens is 528 g/mol. The van der Waals surface area contributed by atoms with Gasteiger partial charge in [0.2, 0.25) is 0 Å². The normalized spacial score (nSPS) is 11.2. The van der Waals surface area contributed by atoms with Crippen molar-refractivity contribution in [2.75, 3.05) is 30.3 Å². The molecule has 0 spiro atoms. The highest BCUT2D eigenvalue weighted by molar-refractivity contribution is 7.98. The number of benzene rings is 3. The third-order valence-electron chi connectivity index (χ3n) is 5.03. The number of nitrogens with two attached hydrogens (primary N) is 1. The maximum absolute atomic E-state index is 13.5. The van der Waals surface area contributed by atoms with E-state index in [2.05, 4.69) is 10.5 Å². The molecule has 0 radical (unpaired) electrons. The summed E-state index contributed by atoms with van der Waals surface area (Å²) in [6.07, 6.45) is 3.29. The fraction of sp³-hybridized carbons (Fsp3) is 0.192. The van der Waals surface area contributed by atoms with Crippen molar-refractivity contribution in [3.8, 4) is 11.5 Å². The van der Waals surface area contributed by atoms with E-state index in [1.165, 1.54) is 30.1 Å². The Labute approximate surface area is 225 Å². The first-order chi connectivity index (χ1) is 18.2. The number of anilines is 1. The van der Waals surface area contributed by atoms with Gasteiger partial charge in [-0.3, -0.25) is 13.9 Å². The Kier molecular flexibility index (Phi) is 10.1. The molecule has 0 unspecified atom stereocenters. The Bertz CT molecular complexity index is 1360. The lowest BCUT2D eigenvalue weighted by atomic mass is 10.2. The summed E-state index contributed by atoms with van der Waals surface area (Å²) in [5.74, 6) is -0.192. The summed E-state index contributed by atoms with van der Waals surface area (Å²) in [6, 6.07) is 19.5. The molecule has 0 aliphatic heterocycles. The van der Waals surface area contributed by atoms with E-state index in [1.54, 1.807) is 60.7 Å². The van der Waals surface area contributed by atoms with Gasteiger partial charge in [-0.2, -0.15) is 5.10 Å². The number of ether oxygens (including phenoxy) is 2. The zero-order valence-electron chi connectivity index (χ0n) is 20.9. The van der Waals surface area contributed by atoms with Crippen LogP contribution in [0.3, 0.4) is 0 Å². The molecule has 0 atom stereocenters. The second-order valence-electron chi connectivity index (χ2n) is 7.73. The third kappa shape index (κ3) is 7.98. The van der Waals surface area contributed by atoms with E-state index in [0.717, 1.165) is 9.20 Å². The Morgan fingerprint density at radius 3 is 2.16 bits per heavy atom. The molecule has 3 N–H and O–H groups in total. The maximum Gasteiger partial charge on any atom is 0.264 e. The largest absolute Gasteiger partial charge is 0.494 e. The minimum Gasteiger partial charge on any atom is -0.494 e. The molecule has 0 fully saturated rings. The molecule has 0 aliphatic carbocycles. The van der Waals surface area contributed by atoms with Crippen LogP contribution in [0.4, 0.5) is 5.69 Å². The first-order valence-electron chi connectivity index (χ1n) is 11.5. The van der Waals surface area contributed by atoms with Gasteiger partial charge in [-0.25, -0.2) is 13.8 Å². The molecule has 12 heteroatoms. The number of thioether (sulfide) groups is 1. The van der Waals surface area contributed by atoms with E-state index in [0.29, 0.717) is 29.4 Å². The number of carbonyl (C=O) groups excluding carboxylic acids is 2. The van der Waals surface area contributed by atoms with E-state index in [-0.39, 0.29) is 11.5 Å². The molecule has 0 aromatic heterocycles. The molecule has 200 valence electrons. The molecule has 0 aliphatic rings. The van der Waals surface area contributed by atoms with E-state index in [9.17, 15) is 18.0 Å². The lowest BCUT2D eigenvalue weighted by Gasteiger charge is -2.24. The Hall–Kier alpha value is -4.03. The molecule has 10 nitrogen and oxygen atoms in total. The minimum absolute atomic E-state index is 0.0548. The average Bonchev–Trinajstić information content (AvgIpc) is 2.92. The van der Waals surface area contributed by atoms with Gasteiger partial charge in [-0.1, -0.05) is 0 Å². The summed E-state index contributed by atoms with van der Waals surface area (Å²) in [6.45, 7) is 1.57. The molecule has 0 saturated carbocycles. The highest BCUT2D eigenvalue weighted by atomic mass is 32.2. The molecule has 38 heavy (non-hydrogen) atoms. The second-order valence-corrected chi connectivity index (χ2v) is 10.5. The van der Waals surface area contributed by atoms with Gasteiger partial charge in [0.15, 0.2) is 6.61 Å². The zero-order valence-corrected chi connectivity index (χ0v) is 22.5. The van der Waals surface area contributed by atoms with Crippen molar-refractivity contribution < 1.29 is 27.5 Å². The van der Waals surface area contributed by atoms with E-state index in [1.807, 2.05) is 13.2 Å². The molecule has 3 aromatic carbocycles. The fourth-order valence-corrected chi connectivity index (χ4v) is 5.04. The van der Waals surface area contributed by atoms with Gasteiger partial charge in [-0.15, -0.1) is 11.8 Å². The van der Waals surface area contributed by atoms with Crippen LogP contribution in [0.5, 0.6) is 11.5 Å². The van der Waals surface area contributed by atoms with Gasteiger partial charge in [0, 0.05) is 4.90 Å². The Balaban J connectivity index is 1.76. The summed E-state index contributed by atoms with van der Waals surface area (Å²) < 4.78 is 38.7. The van der Waals surface area contributed by atoms with Gasteiger partial charge in [0.1, 0.15) is 18.0 Å². The summed E-state index contributed by atoms with van der Waals surface area (Å²) in [5.41, 5.74) is 8.36. The van der Waals surface area contributed by atoms with E-state index >= 15 is 0 Å². The number of primary amides is 1. The molecule has 0 heterocycles. The SMILES string of the molecule is CCOc1ccc(N(CC(=O)N/N=C\c2ccc(OCC(N)=O)cc2)S(=O)(=O)c2ccc(SC)cc2)cc1. The molecule has 0 bridgehead atoms. The monoisotopic (exact) mass is 556 g/mol. The number of carbonyl (C=O) groups is 2. The first kappa shape index (κ1) is 28.5. The first-order valence-corrected chi connectivity index (χ1v) is 14.1. The van der Waals surface area contributed by atoms with Crippen molar-refractivity contribution in [3.05, 3.63) is 78.4 Å². The smallest absolute Gasteiger partial charge is 0.264 e. The number of nitrogens with zero attached hydrogens (tertiary/aromatic N) is 2. The van der Waals surface area contributed by atoms with Crippen LogP contribution in [-0.4, -0.2) is 52.5 Å². The number of sulfonamides is 1. The predicted molar refractivity (Wildman–Crippen MR) is 147 cm³/mol. The number of nitrogens with one attached hydrogen (secondary N) is 1. The summed E-state index contributed by atoms with van der Waals surface area (Å²) >= 11 is 1.49. The van der Waals surface area contributed by atoms with Gasteiger partial charge in [0.05, 0.1) is 23.4 Å². The van der Waals surface area contributed by atoms with Crippen LogP contribution in [0.25, 0.3) is 0 Å². The van der Waals surface area contributed by atoms with Gasteiger partial charge in [0.25, 0.3) is 21.8 Å². The van der Waals surface area contributed by atoms with Gasteiger partial charge in [-0.05, 0) is 91.5 Å². The molecule has 0 saturated heterocycles. The predicted octanol–water partition coefficient (Wildman–Crippen LogP) is 3.02. The van der Waals surface area contributed by atoms with Crippen molar-refractivity contribution in [1.82, 2.24) is 5.43 Å². The van der Waals surface area contributed by atoms with Gasteiger partial charge >= 0.3 is 0 Å². The van der Waals surface area contributed by atoms with E-state index in [4.69, 9.17) is 15.2 Å². The standard InChI is InChI=1S/C26H28N4O6S2/c1-3-35-21-10-6-20(7-11-21)30(38(33,34)24-14-12-23(37-2)13-15-24)17-26(32)29-28-16-19-4-8-22(9-5-19)36-18-25(27)31/h4-16H,3,17-18H2,1-2H3,(H2,27,31)(H,29,32)/b28-16-. The molecule has 2 amide bonds. The number of rotatable bonds is 13. The maximum atomic E-state index is 13.5. The van der Waals surface area contributed by atoms with Crippen molar-refractivity contribution in [1.29, 1.82) is 0 Å². The topological polar surface area (TPSA) is 140 Å². The lowest BCUT2D eigenvalue weighted by Crippen LogP contribution is -2.39. The number of hydrazone groups is 1. The molecular formula is C26H28N4O6S2. The van der Waals surface area contributed by atoms with Crippen LogP contribution in [0.1, 0.15) is 12.5 Å². The van der Waals surface area contributed by atoms with Crippen LogP contribution in [-0.2, 0) is 19.6 Å². The summed E-state index contributed by atoms with van der Waals surface area (Å²) in [7, 11) is -4.07. The van der Waals surface area contributed by atoms with Crippen molar-refractivity contribution in [3.63, 3.8) is 0 Å². The van der Waals surface area contributed by atoms with Crippen molar-refractivity contribution in [2.24, 2.45) is 10.8 Å². The lowest BCUT2D eigenvalue weighted by molar-refractivity contribution is -0.120. The molecule has 3 rings (SSSR count). The average molecular weight is 557 g/mol. The Morgan fingerprint density at radius 2 is 1.58 bits per heavy atom. The van der Waals surface area contributed by atoms with Crippen LogP contribution < -0.4 is 24.9 Å². The quantitative estimate of drug-likeness (QED) is 0.187. The summed E-state index contributed by atoms with van der Waals surface area (Å²) in [5, 5.41) is 3.92. The second kappa shape index (κ2) is 13.5. The zero-order chi connectivity index (χ0) is 27.5. The summed E-state index contributed by atoms with van der Waals surface area (Å²) in [4.78, 5) is 24.5. The minimum atomic E-state index is -4.07. The third-order valence-corrected chi connectivity index (χ3v) is 7.57. The Morgan fingerprint density at radius 1 is 0.974 bits per heavy atom. The molecule has 3 aromatic rings. The highest BCUT2D eigenvalue weighted by Crippen LogP contribution is 2.27. The van der Waals surface area contributed by atoms with Crippen LogP contribution in [0.15, 0.2) is 87.7 Å². The number of amides is 2. The number of hydrogen-bond donors (Lipinski definition) is 2. The van der Waals surface area contributed by atoms with Crippen LogP contribution in [0, 0.1) is 0 Å². The highest BCUT2D eigenvalue weighted by Gasteiger charge is 2.27. The van der Waals surface area contributed by atoms with Crippen LogP contribution >= 0.6 is 11.8 Å². The van der Waals surface area contributed by atoms with Gasteiger partial charge < -0.3 is 15.2 Å². The number of hydrogen-bond acceptors (Lipinski definition) is 8. The van der Waals surface area contributed by atoms with Crippen molar-refractivity contribution in [2.45, 2.75) is 16.7 Å². The van der Waals surface area contributed by atoms with Crippen molar-refractivity contribution >= 4 is 45.5 Å². The van der Waals surface area contributed by atoms with Crippen LogP contribution in [0.2, 0.25) is 0 Å².